The number of carbonyl (C=O) groups is 2. The maximum atomic E-state index is 11.5. The van der Waals surface area contributed by atoms with Crippen molar-refractivity contribution in [1.29, 1.82) is 0 Å². The molecular formula is C10H13N3O5. The van der Waals surface area contributed by atoms with Crippen LogP contribution in [0, 0.1) is 0 Å². The van der Waals surface area contributed by atoms with Crippen molar-refractivity contribution in [3.8, 4) is 0 Å². The highest BCUT2D eigenvalue weighted by atomic mass is 16.5. The molecule has 1 aromatic heterocycles. The van der Waals surface area contributed by atoms with Crippen LogP contribution in [0.3, 0.4) is 0 Å². The van der Waals surface area contributed by atoms with E-state index in [2.05, 4.69) is 15.0 Å². The first-order chi connectivity index (χ1) is 8.58. The van der Waals surface area contributed by atoms with Crippen molar-refractivity contribution in [1.82, 2.24) is 14.9 Å². The van der Waals surface area contributed by atoms with E-state index in [9.17, 15) is 14.4 Å². The summed E-state index contributed by atoms with van der Waals surface area (Å²) in [4.78, 5) is 37.4. The first kappa shape index (κ1) is 13.8. The number of aliphatic hydroxyl groups excluding tert-OH is 1. The number of hydrogen-bond donors (Lipinski definition) is 2. The lowest BCUT2D eigenvalue weighted by atomic mass is 10.3. The smallest absolute Gasteiger partial charge is 0.347 e. The molecule has 0 aliphatic carbocycles. The van der Waals surface area contributed by atoms with E-state index in [1.54, 1.807) is 0 Å². The lowest BCUT2D eigenvalue weighted by Crippen LogP contribution is -2.46. The van der Waals surface area contributed by atoms with Gasteiger partial charge in [0.2, 0.25) is 5.91 Å². The molecule has 1 heterocycles. The van der Waals surface area contributed by atoms with Crippen molar-refractivity contribution < 1.29 is 19.4 Å². The van der Waals surface area contributed by atoms with Gasteiger partial charge in [0.1, 0.15) is 6.54 Å². The number of esters is 1. The summed E-state index contributed by atoms with van der Waals surface area (Å²) in [5.74, 6) is -1.36. The Morgan fingerprint density at radius 3 is 2.89 bits per heavy atom. The van der Waals surface area contributed by atoms with Crippen LogP contribution in [0.2, 0.25) is 0 Å². The van der Waals surface area contributed by atoms with Gasteiger partial charge in [-0.05, 0) is 6.07 Å². The zero-order chi connectivity index (χ0) is 13.5. The molecule has 1 amide bonds. The minimum Gasteiger partial charge on any atom is -0.467 e. The largest absolute Gasteiger partial charge is 0.467 e. The number of rotatable bonds is 5. The molecule has 0 aliphatic rings. The Kier molecular flexibility index (Phi) is 5.00. The third kappa shape index (κ3) is 3.67. The van der Waals surface area contributed by atoms with Gasteiger partial charge in [0.15, 0.2) is 6.04 Å². The average Bonchev–Trinajstić information content (AvgIpc) is 2.37. The molecule has 0 fully saturated rings. The molecule has 0 aromatic carbocycles. The lowest BCUT2D eigenvalue weighted by Gasteiger charge is -2.14. The zero-order valence-corrected chi connectivity index (χ0v) is 9.70. The molecule has 18 heavy (non-hydrogen) atoms. The van der Waals surface area contributed by atoms with Crippen LogP contribution in [0.5, 0.6) is 0 Å². The van der Waals surface area contributed by atoms with Gasteiger partial charge in [-0.1, -0.05) is 0 Å². The predicted molar refractivity (Wildman–Crippen MR) is 59.5 cm³/mol. The first-order valence-corrected chi connectivity index (χ1v) is 5.08. The number of amides is 1. The monoisotopic (exact) mass is 255 g/mol. The van der Waals surface area contributed by atoms with Crippen molar-refractivity contribution in [2.24, 2.45) is 0 Å². The van der Waals surface area contributed by atoms with Crippen LogP contribution in [0.4, 0.5) is 0 Å². The van der Waals surface area contributed by atoms with E-state index >= 15 is 0 Å². The predicted octanol–water partition coefficient (Wildman–Crippen LogP) is -2.11. The van der Waals surface area contributed by atoms with Gasteiger partial charge in [0.25, 0.3) is 0 Å². The highest BCUT2D eigenvalue weighted by Gasteiger charge is 2.20. The fraction of sp³-hybridized carbons (Fsp3) is 0.400. The second-order valence-corrected chi connectivity index (χ2v) is 3.36. The number of methoxy groups -OCH3 is 1. The number of aliphatic hydroxyl groups is 1. The summed E-state index contributed by atoms with van der Waals surface area (Å²) in [6, 6.07) is 0.355. The molecule has 1 rings (SSSR count). The number of nitrogens with zero attached hydrogens (tertiary/aromatic N) is 2. The lowest BCUT2D eigenvalue weighted by molar-refractivity contribution is -0.146. The topological polar surface area (TPSA) is 111 Å². The summed E-state index contributed by atoms with van der Waals surface area (Å²) in [5.41, 5.74) is -0.578. The van der Waals surface area contributed by atoms with Crippen LogP contribution in [0.1, 0.15) is 0 Å². The van der Waals surface area contributed by atoms with E-state index < -0.39 is 30.2 Å². The third-order valence-electron chi connectivity index (χ3n) is 2.10. The van der Waals surface area contributed by atoms with E-state index in [4.69, 9.17) is 5.11 Å². The Bertz CT molecular complexity index is 484. The Labute approximate surface area is 102 Å². The van der Waals surface area contributed by atoms with Gasteiger partial charge in [-0.15, -0.1) is 0 Å². The van der Waals surface area contributed by atoms with Gasteiger partial charge in [-0.2, -0.15) is 0 Å². The van der Waals surface area contributed by atoms with E-state index in [1.807, 2.05) is 0 Å². The summed E-state index contributed by atoms with van der Waals surface area (Å²) in [5, 5.41) is 11.1. The van der Waals surface area contributed by atoms with Crippen LogP contribution >= 0.6 is 0 Å². The number of carbonyl (C=O) groups excluding carboxylic acids is 2. The molecule has 0 radical (unpaired) electrons. The molecule has 1 unspecified atom stereocenters. The maximum Gasteiger partial charge on any atom is 0.347 e. The summed E-state index contributed by atoms with van der Waals surface area (Å²) in [6.45, 7) is -0.874. The van der Waals surface area contributed by atoms with E-state index in [0.29, 0.717) is 0 Å². The van der Waals surface area contributed by atoms with Gasteiger partial charge >= 0.3 is 11.7 Å². The molecule has 0 spiro atoms. The molecule has 0 bridgehead atoms. The second kappa shape index (κ2) is 6.50. The van der Waals surface area contributed by atoms with Crippen LogP contribution in [0.15, 0.2) is 23.3 Å². The van der Waals surface area contributed by atoms with Gasteiger partial charge in [0, 0.05) is 12.4 Å². The maximum absolute atomic E-state index is 11.5. The molecule has 8 heteroatoms. The third-order valence-corrected chi connectivity index (χ3v) is 2.10. The van der Waals surface area contributed by atoms with Gasteiger partial charge in [-0.25, -0.2) is 14.6 Å². The average molecular weight is 255 g/mol. The quantitative estimate of drug-likeness (QED) is 0.583. The number of ether oxygens (including phenoxy) is 1. The molecule has 0 saturated heterocycles. The van der Waals surface area contributed by atoms with Crippen molar-refractivity contribution in [3.63, 3.8) is 0 Å². The molecule has 2 N–H and O–H groups in total. The SMILES string of the molecule is COC(=O)C(CO)NC(=O)Cn1cccnc1=O. The van der Waals surface area contributed by atoms with Crippen molar-refractivity contribution in [2.45, 2.75) is 12.6 Å². The fourth-order valence-electron chi connectivity index (χ4n) is 1.22. The van der Waals surface area contributed by atoms with Crippen molar-refractivity contribution in [2.75, 3.05) is 13.7 Å². The molecule has 8 nitrogen and oxygen atoms in total. The Morgan fingerprint density at radius 2 is 2.33 bits per heavy atom. The number of nitrogens with one attached hydrogen (secondary N) is 1. The van der Waals surface area contributed by atoms with Crippen molar-refractivity contribution in [3.05, 3.63) is 28.9 Å². The molecule has 0 aliphatic heterocycles. The van der Waals surface area contributed by atoms with Crippen LogP contribution < -0.4 is 11.0 Å². The summed E-state index contributed by atoms with van der Waals surface area (Å²) < 4.78 is 5.45. The van der Waals surface area contributed by atoms with E-state index in [-0.39, 0.29) is 6.54 Å². The van der Waals surface area contributed by atoms with Gasteiger partial charge in [-0.3, -0.25) is 9.36 Å². The highest BCUT2D eigenvalue weighted by molar-refractivity contribution is 5.84. The summed E-state index contributed by atoms with van der Waals surface area (Å²) in [7, 11) is 1.14. The Balaban J connectivity index is 2.64. The van der Waals surface area contributed by atoms with Gasteiger partial charge in [0.05, 0.1) is 13.7 Å². The Hall–Kier alpha value is -2.22. The fourth-order valence-corrected chi connectivity index (χ4v) is 1.22. The van der Waals surface area contributed by atoms with E-state index in [1.165, 1.54) is 18.5 Å². The normalized spacial score (nSPS) is 11.7. The van der Waals surface area contributed by atoms with Crippen LogP contribution in [-0.2, 0) is 20.9 Å². The van der Waals surface area contributed by atoms with Gasteiger partial charge < -0.3 is 15.2 Å². The minimum atomic E-state index is -1.14. The summed E-state index contributed by atoms with van der Waals surface area (Å²) >= 11 is 0. The standard InChI is InChI=1S/C10H13N3O5/c1-18-9(16)7(6-14)12-8(15)5-13-4-2-3-11-10(13)17/h2-4,7,14H,5-6H2,1H3,(H,12,15). The zero-order valence-electron chi connectivity index (χ0n) is 9.70. The first-order valence-electron chi connectivity index (χ1n) is 5.08. The Morgan fingerprint density at radius 1 is 1.61 bits per heavy atom. The van der Waals surface area contributed by atoms with Crippen LogP contribution in [0.25, 0.3) is 0 Å². The van der Waals surface area contributed by atoms with Crippen molar-refractivity contribution >= 4 is 11.9 Å². The highest BCUT2D eigenvalue weighted by Crippen LogP contribution is 1.88. The number of aromatic nitrogens is 2. The van der Waals surface area contributed by atoms with Crippen LogP contribution in [-0.4, -0.2) is 46.3 Å². The molecule has 1 atom stereocenters. The van der Waals surface area contributed by atoms with E-state index in [0.717, 1.165) is 11.7 Å². The molecular weight excluding hydrogens is 242 g/mol. The molecule has 98 valence electrons. The molecule has 0 saturated carbocycles. The summed E-state index contributed by atoms with van der Waals surface area (Å²) in [6.07, 6.45) is 2.70. The molecule has 1 aromatic rings. The number of hydrogen-bond acceptors (Lipinski definition) is 6. The minimum absolute atomic E-state index is 0.292. The second-order valence-electron chi connectivity index (χ2n) is 3.36.